The van der Waals surface area contributed by atoms with E-state index in [2.05, 4.69) is 16.4 Å². The highest BCUT2D eigenvalue weighted by molar-refractivity contribution is 8.18. The van der Waals surface area contributed by atoms with Gasteiger partial charge in [0, 0.05) is 16.7 Å². The van der Waals surface area contributed by atoms with E-state index in [9.17, 15) is 4.79 Å². The fraction of sp³-hybridized carbons (Fsp3) is 0.0909. The van der Waals surface area contributed by atoms with E-state index in [1.54, 1.807) is 36.4 Å². The van der Waals surface area contributed by atoms with Gasteiger partial charge in [-0.25, -0.2) is 4.99 Å². The molecule has 0 bridgehead atoms. The number of carbonyl (C=O) groups is 1. The normalized spacial score (nSPS) is 16.6. The van der Waals surface area contributed by atoms with Gasteiger partial charge in [-0.1, -0.05) is 29.3 Å². The van der Waals surface area contributed by atoms with Crippen LogP contribution in [0.4, 0.5) is 5.69 Å². The monoisotopic (exact) mass is 442 g/mol. The van der Waals surface area contributed by atoms with Crippen molar-refractivity contribution in [2.75, 3.05) is 0 Å². The van der Waals surface area contributed by atoms with Crippen LogP contribution in [0.2, 0.25) is 10.0 Å². The average molecular weight is 443 g/mol. The Hall–Kier alpha value is -2.47. The number of aryl methyl sites for hydroxylation is 2. The quantitative estimate of drug-likeness (QED) is 0.455. The third kappa shape index (κ3) is 4.58. The number of nitrogens with zero attached hydrogens (tertiary/aromatic N) is 1. The number of rotatable bonds is 3. The van der Waals surface area contributed by atoms with Crippen LogP contribution in [0.25, 0.3) is 17.4 Å². The topological polar surface area (TPSA) is 54.6 Å². The summed E-state index contributed by atoms with van der Waals surface area (Å²) in [5, 5.41) is 4.44. The molecular formula is C22H16Cl2N2O2S. The van der Waals surface area contributed by atoms with Gasteiger partial charge in [-0.15, -0.1) is 0 Å². The zero-order valence-electron chi connectivity index (χ0n) is 15.6. The van der Waals surface area contributed by atoms with Gasteiger partial charge in [0.05, 0.1) is 15.6 Å². The molecule has 1 fully saturated rings. The number of carbonyl (C=O) groups excluding carboxylic acids is 1. The summed E-state index contributed by atoms with van der Waals surface area (Å²) < 4.78 is 5.85. The molecule has 2 heterocycles. The van der Waals surface area contributed by atoms with E-state index in [1.165, 1.54) is 11.8 Å². The molecule has 1 aliphatic rings. The van der Waals surface area contributed by atoms with Crippen molar-refractivity contribution >= 4 is 57.8 Å². The summed E-state index contributed by atoms with van der Waals surface area (Å²) in [5.41, 5.74) is 3.75. The van der Waals surface area contributed by atoms with Gasteiger partial charge in [0.25, 0.3) is 5.91 Å². The maximum Gasteiger partial charge on any atom is 0.264 e. The highest BCUT2D eigenvalue weighted by atomic mass is 35.5. The summed E-state index contributed by atoms with van der Waals surface area (Å²) in [4.78, 5) is 17.4. The number of benzene rings is 2. The number of hydrogen-bond acceptors (Lipinski definition) is 4. The van der Waals surface area contributed by atoms with Crippen LogP contribution in [0, 0.1) is 13.8 Å². The molecular weight excluding hydrogens is 427 g/mol. The van der Waals surface area contributed by atoms with E-state index < -0.39 is 0 Å². The molecule has 2 aromatic carbocycles. The van der Waals surface area contributed by atoms with Crippen molar-refractivity contribution in [1.29, 1.82) is 0 Å². The number of nitrogens with one attached hydrogen (secondary N) is 1. The van der Waals surface area contributed by atoms with Crippen LogP contribution >= 0.6 is 35.0 Å². The van der Waals surface area contributed by atoms with Crippen LogP contribution < -0.4 is 5.32 Å². The third-order valence-corrected chi connectivity index (χ3v) is 5.66. The summed E-state index contributed by atoms with van der Waals surface area (Å²) >= 11 is 13.6. The fourth-order valence-corrected chi connectivity index (χ4v) is 4.21. The number of amidine groups is 1. The lowest BCUT2D eigenvalue weighted by molar-refractivity contribution is -0.115. The Morgan fingerprint density at radius 2 is 1.79 bits per heavy atom. The zero-order valence-corrected chi connectivity index (χ0v) is 18.0. The number of halogens is 2. The molecule has 0 atom stereocenters. The molecule has 1 N–H and O–H groups in total. The predicted octanol–water partition coefficient (Wildman–Crippen LogP) is 6.76. The van der Waals surface area contributed by atoms with Crippen molar-refractivity contribution in [3.63, 3.8) is 0 Å². The molecule has 0 aliphatic carbocycles. The molecule has 4 rings (SSSR count). The Balaban J connectivity index is 1.58. The first-order chi connectivity index (χ1) is 13.9. The Morgan fingerprint density at radius 3 is 2.55 bits per heavy atom. The Labute approximate surface area is 182 Å². The minimum absolute atomic E-state index is 0.211. The molecule has 1 saturated heterocycles. The first-order valence-corrected chi connectivity index (χ1v) is 10.4. The van der Waals surface area contributed by atoms with E-state index in [0.29, 0.717) is 37.2 Å². The van der Waals surface area contributed by atoms with Crippen LogP contribution in [0.3, 0.4) is 0 Å². The molecule has 4 nitrogen and oxygen atoms in total. The number of aliphatic imine (C=N–C) groups is 1. The molecule has 1 aromatic heterocycles. The van der Waals surface area contributed by atoms with Crippen LogP contribution in [0.1, 0.15) is 16.9 Å². The lowest BCUT2D eigenvalue weighted by Gasteiger charge is -2.01. The second kappa shape index (κ2) is 8.11. The van der Waals surface area contributed by atoms with E-state index in [4.69, 9.17) is 27.6 Å². The molecule has 0 saturated carbocycles. The minimum Gasteiger partial charge on any atom is -0.457 e. The second-order valence-corrected chi connectivity index (χ2v) is 8.53. The molecule has 29 heavy (non-hydrogen) atoms. The summed E-state index contributed by atoms with van der Waals surface area (Å²) in [6.07, 6.45) is 1.69. The number of thioether (sulfide) groups is 1. The smallest absolute Gasteiger partial charge is 0.264 e. The van der Waals surface area contributed by atoms with Crippen molar-refractivity contribution in [2.45, 2.75) is 13.8 Å². The SMILES string of the molecule is Cc1cc(C)cc(N=C2NC(=O)/C(=C/c3ccc(-c4cc(Cl)ccc4Cl)o3)S2)c1. The zero-order chi connectivity index (χ0) is 20.5. The lowest BCUT2D eigenvalue weighted by Crippen LogP contribution is -2.19. The Kier molecular flexibility index (Phi) is 5.54. The molecule has 7 heteroatoms. The van der Waals surface area contributed by atoms with Crippen molar-refractivity contribution in [3.05, 3.63) is 80.4 Å². The van der Waals surface area contributed by atoms with Gasteiger partial charge in [0.15, 0.2) is 5.17 Å². The van der Waals surface area contributed by atoms with Crippen LogP contribution in [-0.2, 0) is 4.79 Å². The van der Waals surface area contributed by atoms with Crippen molar-refractivity contribution in [2.24, 2.45) is 4.99 Å². The van der Waals surface area contributed by atoms with Crippen molar-refractivity contribution in [1.82, 2.24) is 5.32 Å². The van der Waals surface area contributed by atoms with Crippen LogP contribution in [0.5, 0.6) is 0 Å². The van der Waals surface area contributed by atoms with Gasteiger partial charge in [-0.2, -0.15) is 0 Å². The number of hydrogen-bond donors (Lipinski definition) is 1. The van der Waals surface area contributed by atoms with Gasteiger partial charge in [0.2, 0.25) is 0 Å². The minimum atomic E-state index is -0.211. The highest BCUT2D eigenvalue weighted by Gasteiger charge is 2.24. The average Bonchev–Trinajstić information content (AvgIpc) is 3.23. The summed E-state index contributed by atoms with van der Waals surface area (Å²) in [6.45, 7) is 4.03. The first-order valence-electron chi connectivity index (χ1n) is 8.80. The molecule has 146 valence electrons. The van der Waals surface area contributed by atoms with Crippen molar-refractivity contribution in [3.8, 4) is 11.3 Å². The van der Waals surface area contributed by atoms with E-state index in [1.807, 2.05) is 26.0 Å². The largest absolute Gasteiger partial charge is 0.457 e. The number of amides is 1. The van der Waals surface area contributed by atoms with Crippen LogP contribution in [-0.4, -0.2) is 11.1 Å². The Bertz CT molecular complexity index is 1160. The molecule has 1 amide bonds. The van der Waals surface area contributed by atoms with Crippen LogP contribution in [0.15, 0.2) is 62.8 Å². The van der Waals surface area contributed by atoms with Gasteiger partial charge >= 0.3 is 0 Å². The van der Waals surface area contributed by atoms with E-state index >= 15 is 0 Å². The predicted molar refractivity (Wildman–Crippen MR) is 121 cm³/mol. The van der Waals surface area contributed by atoms with E-state index in [-0.39, 0.29) is 5.91 Å². The fourth-order valence-electron chi connectivity index (χ4n) is 3.00. The summed E-state index contributed by atoms with van der Waals surface area (Å²) in [6, 6.07) is 14.8. The van der Waals surface area contributed by atoms with Gasteiger partial charge < -0.3 is 9.73 Å². The van der Waals surface area contributed by atoms with Crippen molar-refractivity contribution < 1.29 is 9.21 Å². The molecule has 3 aromatic rings. The third-order valence-electron chi connectivity index (χ3n) is 4.18. The highest BCUT2D eigenvalue weighted by Crippen LogP contribution is 2.34. The lowest BCUT2D eigenvalue weighted by atomic mass is 10.1. The van der Waals surface area contributed by atoms with Gasteiger partial charge in [-0.05, 0) is 79.2 Å². The molecule has 1 aliphatic heterocycles. The summed E-state index contributed by atoms with van der Waals surface area (Å²) in [5.74, 6) is 0.912. The van der Waals surface area contributed by atoms with Gasteiger partial charge in [-0.3, -0.25) is 4.79 Å². The Morgan fingerprint density at radius 1 is 1.03 bits per heavy atom. The maximum atomic E-state index is 12.3. The molecule has 0 spiro atoms. The standard InChI is InChI=1S/C22H16Cl2N2O2S/c1-12-7-13(2)9-15(8-12)25-22-26-21(27)20(29-22)11-16-4-6-19(28-16)17-10-14(23)3-5-18(17)24/h3-11H,1-2H3,(H,25,26,27)/b20-11-. The van der Waals surface area contributed by atoms with Gasteiger partial charge in [0.1, 0.15) is 11.5 Å². The first kappa shape index (κ1) is 19.8. The molecule has 0 unspecified atom stereocenters. The second-order valence-electron chi connectivity index (χ2n) is 6.65. The molecule has 0 radical (unpaired) electrons. The van der Waals surface area contributed by atoms with E-state index in [0.717, 1.165) is 16.8 Å². The summed E-state index contributed by atoms with van der Waals surface area (Å²) in [7, 11) is 0. The maximum absolute atomic E-state index is 12.3. The number of furan rings is 1.